The van der Waals surface area contributed by atoms with Gasteiger partial charge in [0.2, 0.25) is 0 Å². The van der Waals surface area contributed by atoms with Crippen LogP contribution in [0.4, 0.5) is 0 Å². The average Bonchev–Trinajstić information content (AvgIpc) is 2.40. The molecule has 1 aromatic heterocycles. The van der Waals surface area contributed by atoms with E-state index in [1.807, 2.05) is 0 Å². The molecule has 0 radical (unpaired) electrons. The van der Waals surface area contributed by atoms with Crippen molar-refractivity contribution in [3.63, 3.8) is 0 Å². The molecule has 18 heavy (non-hydrogen) atoms. The molecular formula is C11H13ClN4O2. The van der Waals surface area contributed by atoms with Crippen LogP contribution in [-0.4, -0.2) is 63.6 Å². The lowest BCUT2D eigenvalue weighted by Gasteiger charge is -2.46. The van der Waals surface area contributed by atoms with Crippen molar-refractivity contribution < 1.29 is 9.90 Å². The third-order valence-corrected chi connectivity index (χ3v) is 3.82. The SMILES string of the molecule is O=C(O)c1nc(C2CN3CCN2CC3)ncc1Cl. The van der Waals surface area contributed by atoms with E-state index in [4.69, 9.17) is 16.7 Å². The van der Waals surface area contributed by atoms with E-state index in [0.717, 1.165) is 32.7 Å². The van der Waals surface area contributed by atoms with Gasteiger partial charge in [0.25, 0.3) is 0 Å². The molecule has 0 amide bonds. The van der Waals surface area contributed by atoms with Crippen LogP contribution in [0.5, 0.6) is 0 Å². The topological polar surface area (TPSA) is 69.6 Å². The van der Waals surface area contributed by atoms with Gasteiger partial charge in [-0.1, -0.05) is 11.6 Å². The van der Waals surface area contributed by atoms with Crippen LogP contribution in [0.2, 0.25) is 5.02 Å². The number of aromatic carboxylic acids is 1. The quantitative estimate of drug-likeness (QED) is 0.842. The summed E-state index contributed by atoms with van der Waals surface area (Å²) < 4.78 is 0. The maximum atomic E-state index is 11.0. The molecule has 1 N–H and O–H groups in total. The van der Waals surface area contributed by atoms with Gasteiger partial charge in [0, 0.05) is 32.7 Å². The predicted molar refractivity (Wildman–Crippen MR) is 64.8 cm³/mol. The normalized spacial score (nSPS) is 30.4. The van der Waals surface area contributed by atoms with Crippen LogP contribution in [0.25, 0.3) is 0 Å². The summed E-state index contributed by atoms with van der Waals surface area (Å²) >= 11 is 5.78. The number of nitrogens with zero attached hydrogens (tertiary/aromatic N) is 4. The highest BCUT2D eigenvalue weighted by atomic mass is 35.5. The molecule has 1 aromatic rings. The van der Waals surface area contributed by atoms with E-state index in [2.05, 4.69) is 19.8 Å². The number of piperazine rings is 3. The molecule has 1 unspecified atom stereocenters. The molecule has 0 aromatic carbocycles. The third kappa shape index (κ3) is 1.96. The zero-order valence-electron chi connectivity index (χ0n) is 9.71. The highest BCUT2D eigenvalue weighted by molar-refractivity contribution is 6.33. The molecule has 7 heteroatoms. The molecule has 1 atom stereocenters. The lowest BCUT2D eigenvalue weighted by atomic mass is 10.1. The van der Waals surface area contributed by atoms with Crippen LogP contribution in [-0.2, 0) is 0 Å². The Morgan fingerprint density at radius 1 is 1.39 bits per heavy atom. The Hall–Kier alpha value is -1.24. The van der Waals surface area contributed by atoms with Crippen molar-refractivity contribution in [3.8, 4) is 0 Å². The van der Waals surface area contributed by atoms with Crippen molar-refractivity contribution >= 4 is 17.6 Å². The van der Waals surface area contributed by atoms with Crippen molar-refractivity contribution in [1.82, 2.24) is 19.8 Å². The maximum Gasteiger partial charge on any atom is 0.356 e. The van der Waals surface area contributed by atoms with Gasteiger partial charge in [-0.2, -0.15) is 0 Å². The molecule has 3 aliphatic heterocycles. The molecule has 4 rings (SSSR count). The predicted octanol–water partition coefficient (Wildman–Crippen LogP) is 0.501. The molecular weight excluding hydrogens is 256 g/mol. The maximum absolute atomic E-state index is 11.0. The Kier molecular flexibility index (Phi) is 2.93. The number of carboxylic acid groups (broad SMARTS) is 1. The molecule has 0 saturated carbocycles. The summed E-state index contributed by atoms with van der Waals surface area (Å²) in [4.78, 5) is 24.0. The van der Waals surface area contributed by atoms with Crippen LogP contribution in [0, 0.1) is 0 Å². The molecule has 2 bridgehead atoms. The number of rotatable bonds is 2. The van der Waals surface area contributed by atoms with Gasteiger partial charge < -0.3 is 5.11 Å². The first-order valence-corrected chi connectivity index (χ1v) is 6.25. The van der Waals surface area contributed by atoms with Crippen molar-refractivity contribution in [2.24, 2.45) is 0 Å². The van der Waals surface area contributed by atoms with E-state index in [-0.39, 0.29) is 16.8 Å². The van der Waals surface area contributed by atoms with Crippen molar-refractivity contribution in [2.75, 3.05) is 32.7 Å². The molecule has 96 valence electrons. The molecule has 6 nitrogen and oxygen atoms in total. The van der Waals surface area contributed by atoms with E-state index >= 15 is 0 Å². The summed E-state index contributed by atoms with van der Waals surface area (Å²) in [6.45, 7) is 4.96. The standard InChI is InChI=1S/C11H13ClN4O2/c12-7-5-13-10(14-9(7)11(17)18)8-6-15-1-3-16(8)4-2-15/h5,8H,1-4,6H2,(H,17,18). The molecule has 3 saturated heterocycles. The minimum atomic E-state index is -1.11. The van der Waals surface area contributed by atoms with E-state index in [1.165, 1.54) is 6.20 Å². The Morgan fingerprint density at radius 2 is 2.11 bits per heavy atom. The van der Waals surface area contributed by atoms with Crippen LogP contribution >= 0.6 is 11.6 Å². The van der Waals surface area contributed by atoms with Gasteiger partial charge in [-0.25, -0.2) is 14.8 Å². The summed E-state index contributed by atoms with van der Waals surface area (Å²) in [6, 6.07) is 0.0860. The second-order valence-corrected chi connectivity index (χ2v) is 4.99. The largest absolute Gasteiger partial charge is 0.476 e. The number of hydrogen-bond donors (Lipinski definition) is 1. The minimum absolute atomic E-state index is 0.0857. The van der Waals surface area contributed by atoms with E-state index in [9.17, 15) is 4.79 Å². The summed E-state index contributed by atoms with van der Waals surface area (Å²) in [5.74, 6) is -0.555. The first kappa shape index (κ1) is 11.8. The van der Waals surface area contributed by atoms with Crippen LogP contribution in [0.1, 0.15) is 22.4 Å². The van der Waals surface area contributed by atoms with Crippen LogP contribution in [0.3, 0.4) is 0 Å². The molecule has 3 fully saturated rings. The first-order valence-electron chi connectivity index (χ1n) is 5.87. The fourth-order valence-corrected chi connectivity index (χ4v) is 2.73. The molecule has 0 aliphatic carbocycles. The van der Waals surface area contributed by atoms with Gasteiger partial charge in [0.05, 0.1) is 17.3 Å². The molecule has 0 spiro atoms. The van der Waals surface area contributed by atoms with Gasteiger partial charge in [0.15, 0.2) is 5.69 Å². The first-order chi connectivity index (χ1) is 8.65. The van der Waals surface area contributed by atoms with E-state index in [1.54, 1.807) is 0 Å². The number of carboxylic acids is 1. The zero-order chi connectivity index (χ0) is 12.7. The van der Waals surface area contributed by atoms with Crippen LogP contribution in [0.15, 0.2) is 6.20 Å². The van der Waals surface area contributed by atoms with Crippen molar-refractivity contribution in [1.29, 1.82) is 0 Å². The molecule has 4 heterocycles. The average molecular weight is 269 g/mol. The molecule has 3 aliphatic rings. The van der Waals surface area contributed by atoms with Gasteiger partial charge in [-0.3, -0.25) is 9.80 Å². The highest BCUT2D eigenvalue weighted by Gasteiger charge is 2.34. The van der Waals surface area contributed by atoms with E-state index in [0.29, 0.717) is 5.82 Å². The number of aromatic nitrogens is 2. The van der Waals surface area contributed by atoms with Crippen molar-refractivity contribution in [3.05, 3.63) is 22.7 Å². The summed E-state index contributed by atoms with van der Waals surface area (Å²) in [5.41, 5.74) is -0.112. The third-order valence-electron chi connectivity index (χ3n) is 3.54. The summed E-state index contributed by atoms with van der Waals surface area (Å²) in [5, 5.41) is 9.11. The second-order valence-electron chi connectivity index (χ2n) is 4.58. The van der Waals surface area contributed by atoms with Crippen LogP contribution < -0.4 is 0 Å². The number of halogens is 1. The van der Waals surface area contributed by atoms with E-state index < -0.39 is 5.97 Å². The minimum Gasteiger partial charge on any atom is -0.476 e. The monoisotopic (exact) mass is 268 g/mol. The highest BCUT2D eigenvalue weighted by Crippen LogP contribution is 2.27. The number of hydrogen-bond acceptors (Lipinski definition) is 5. The smallest absolute Gasteiger partial charge is 0.356 e. The Balaban J connectivity index is 1.93. The lowest BCUT2D eigenvalue weighted by Crippen LogP contribution is -2.57. The second kappa shape index (κ2) is 4.46. The fraction of sp³-hybridized carbons (Fsp3) is 0.545. The van der Waals surface area contributed by atoms with Gasteiger partial charge in [0.1, 0.15) is 5.82 Å². The Labute approximate surface area is 109 Å². The van der Waals surface area contributed by atoms with Gasteiger partial charge in [-0.05, 0) is 0 Å². The van der Waals surface area contributed by atoms with Gasteiger partial charge >= 0.3 is 5.97 Å². The zero-order valence-corrected chi connectivity index (χ0v) is 10.5. The Bertz CT molecular complexity index is 488. The van der Waals surface area contributed by atoms with Gasteiger partial charge in [-0.15, -0.1) is 0 Å². The number of fused-ring (bicyclic) bond motifs is 3. The van der Waals surface area contributed by atoms with Crippen molar-refractivity contribution in [2.45, 2.75) is 6.04 Å². The number of carbonyl (C=O) groups is 1. The fourth-order valence-electron chi connectivity index (χ4n) is 2.55. The Morgan fingerprint density at radius 3 is 2.67 bits per heavy atom. The summed E-state index contributed by atoms with van der Waals surface area (Å²) in [6.07, 6.45) is 1.38. The summed E-state index contributed by atoms with van der Waals surface area (Å²) in [7, 11) is 0. The lowest BCUT2D eigenvalue weighted by molar-refractivity contribution is 0.00850.